The van der Waals surface area contributed by atoms with Crippen molar-refractivity contribution >= 4 is 46.1 Å². The van der Waals surface area contributed by atoms with Crippen LogP contribution in [0.4, 0.5) is 4.79 Å². The fraction of sp³-hybridized carbons (Fsp3) is 0.579. The van der Waals surface area contributed by atoms with E-state index < -0.39 is 10.0 Å². The summed E-state index contributed by atoms with van der Waals surface area (Å²) >= 11 is 0. The Labute approximate surface area is 196 Å². The summed E-state index contributed by atoms with van der Waals surface area (Å²) in [5.74, 6) is 0.671. The Bertz CT molecular complexity index is 807. The van der Waals surface area contributed by atoms with Crippen LogP contribution in [0.3, 0.4) is 0 Å². The minimum absolute atomic E-state index is 0. The van der Waals surface area contributed by atoms with Crippen LogP contribution in [0.25, 0.3) is 0 Å². The molecule has 0 saturated carbocycles. The molecule has 1 aliphatic rings. The van der Waals surface area contributed by atoms with Gasteiger partial charge in [-0.05, 0) is 37.5 Å². The summed E-state index contributed by atoms with van der Waals surface area (Å²) < 4.78 is 30.5. The number of sulfonamides is 1. The molecule has 0 bridgehead atoms. The molecule has 2 N–H and O–H groups in total. The molecule has 170 valence electrons. The number of rotatable bonds is 6. The first-order valence-corrected chi connectivity index (χ1v) is 11.1. The van der Waals surface area contributed by atoms with Gasteiger partial charge in [0.25, 0.3) is 0 Å². The van der Waals surface area contributed by atoms with E-state index in [0.717, 1.165) is 18.4 Å². The van der Waals surface area contributed by atoms with Crippen LogP contribution in [0, 0.1) is 0 Å². The third kappa shape index (κ3) is 7.27. The van der Waals surface area contributed by atoms with Crippen molar-refractivity contribution in [2.24, 2.45) is 4.99 Å². The predicted molar refractivity (Wildman–Crippen MR) is 128 cm³/mol. The van der Waals surface area contributed by atoms with Gasteiger partial charge < -0.3 is 20.3 Å². The Morgan fingerprint density at radius 3 is 2.33 bits per heavy atom. The fourth-order valence-electron chi connectivity index (χ4n) is 2.99. The number of likely N-dealkylation sites (tertiary alicyclic amines) is 1. The number of benzene rings is 1. The third-order valence-corrected chi connectivity index (χ3v) is 6.58. The summed E-state index contributed by atoms with van der Waals surface area (Å²) in [5, 5.41) is 6.62. The van der Waals surface area contributed by atoms with E-state index in [1.54, 1.807) is 43.1 Å². The second-order valence-electron chi connectivity index (χ2n) is 6.96. The molecule has 0 radical (unpaired) electrons. The number of guanidine groups is 1. The second kappa shape index (κ2) is 12.3. The summed E-state index contributed by atoms with van der Waals surface area (Å²) in [6.07, 6.45) is 1.38. The van der Waals surface area contributed by atoms with E-state index >= 15 is 0 Å². The monoisotopic (exact) mass is 553 g/mol. The molecule has 0 unspecified atom stereocenters. The number of amides is 1. The first-order chi connectivity index (χ1) is 13.8. The molecule has 1 aliphatic heterocycles. The van der Waals surface area contributed by atoms with Gasteiger partial charge in [0.15, 0.2) is 5.96 Å². The molecular weight excluding hydrogens is 521 g/mol. The number of hydrogen-bond acceptors (Lipinski definition) is 5. The predicted octanol–water partition coefficient (Wildman–Crippen LogP) is 1.84. The molecule has 11 heteroatoms. The molecule has 0 atom stereocenters. The molecule has 0 spiro atoms. The maximum atomic E-state index is 12.1. The van der Waals surface area contributed by atoms with Gasteiger partial charge in [0.05, 0.1) is 11.5 Å². The number of carbonyl (C=O) groups excluding carboxylic acids is 1. The quantitative estimate of drug-likeness (QED) is 0.317. The van der Waals surface area contributed by atoms with Gasteiger partial charge in [-0.15, -0.1) is 24.0 Å². The molecule has 1 heterocycles. The molecule has 1 aromatic rings. The van der Waals surface area contributed by atoms with Gasteiger partial charge in [-0.1, -0.05) is 12.1 Å². The molecule has 30 heavy (non-hydrogen) atoms. The minimum Gasteiger partial charge on any atom is -0.450 e. The van der Waals surface area contributed by atoms with Gasteiger partial charge in [-0.25, -0.2) is 17.5 Å². The molecule has 1 fully saturated rings. The summed E-state index contributed by atoms with van der Waals surface area (Å²) in [6.45, 7) is 4.00. The number of hydrogen-bond donors (Lipinski definition) is 2. The largest absolute Gasteiger partial charge is 0.450 e. The molecule has 1 aromatic carbocycles. The smallest absolute Gasteiger partial charge is 0.409 e. The normalized spacial score (nSPS) is 15.5. The van der Waals surface area contributed by atoms with Crippen LogP contribution in [0.15, 0.2) is 34.2 Å². The van der Waals surface area contributed by atoms with Crippen molar-refractivity contribution in [2.75, 3.05) is 40.8 Å². The number of nitrogens with one attached hydrogen (secondary N) is 2. The number of carbonyl (C=O) groups is 1. The van der Waals surface area contributed by atoms with Crippen LogP contribution in [0.5, 0.6) is 0 Å². The number of piperidine rings is 1. The standard InChI is InChI=1S/C19H31N5O4S.HI/c1-5-28-19(25)24-12-10-16(11-13-24)22-18(20-2)21-14-15-6-8-17(9-7-15)29(26,27)23(3)4;/h6-9,16H,5,10-14H2,1-4H3,(H2,20,21,22);1H. The molecule has 0 aliphatic carbocycles. The zero-order valence-corrected chi connectivity index (χ0v) is 21.1. The highest BCUT2D eigenvalue weighted by atomic mass is 127. The Kier molecular flexibility index (Phi) is 10.8. The summed E-state index contributed by atoms with van der Waals surface area (Å²) in [4.78, 5) is 18.0. The van der Waals surface area contributed by atoms with Gasteiger partial charge in [0.1, 0.15) is 0 Å². The highest BCUT2D eigenvalue weighted by molar-refractivity contribution is 14.0. The topological polar surface area (TPSA) is 103 Å². The van der Waals surface area contributed by atoms with Crippen molar-refractivity contribution < 1.29 is 17.9 Å². The van der Waals surface area contributed by atoms with Crippen LogP contribution < -0.4 is 10.6 Å². The summed E-state index contributed by atoms with van der Waals surface area (Å²) in [6, 6.07) is 7.00. The third-order valence-electron chi connectivity index (χ3n) is 4.75. The number of aliphatic imine (C=N–C) groups is 1. The van der Waals surface area contributed by atoms with Crippen molar-refractivity contribution in [3.63, 3.8) is 0 Å². The van der Waals surface area contributed by atoms with Gasteiger partial charge in [-0.2, -0.15) is 0 Å². The lowest BCUT2D eigenvalue weighted by molar-refractivity contribution is 0.0963. The summed E-state index contributed by atoms with van der Waals surface area (Å²) in [5.41, 5.74) is 0.947. The van der Waals surface area contributed by atoms with Crippen molar-refractivity contribution in [1.29, 1.82) is 0 Å². The maximum absolute atomic E-state index is 12.1. The van der Waals surface area contributed by atoms with Crippen molar-refractivity contribution in [1.82, 2.24) is 19.8 Å². The number of ether oxygens (including phenoxy) is 1. The highest BCUT2D eigenvalue weighted by Crippen LogP contribution is 2.14. The van der Waals surface area contributed by atoms with E-state index in [2.05, 4.69) is 15.6 Å². The fourth-order valence-corrected chi connectivity index (χ4v) is 3.89. The molecule has 0 aromatic heterocycles. The van der Waals surface area contributed by atoms with Crippen LogP contribution >= 0.6 is 24.0 Å². The molecule has 1 amide bonds. The average Bonchev–Trinajstić information content (AvgIpc) is 2.72. The lowest BCUT2D eigenvalue weighted by Gasteiger charge is -2.32. The summed E-state index contributed by atoms with van der Waals surface area (Å²) in [7, 11) is 1.30. The zero-order chi connectivity index (χ0) is 21.4. The van der Waals surface area contributed by atoms with Crippen molar-refractivity contribution in [2.45, 2.75) is 37.2 Å². The minimum atomic E-state index is -3.42. The van der Waals surface area contributed by atoms with Crippen molar-refractivity contribution in [3.05, 3.63) is 29.8 Å². The van der Waals surface area contributed by atoms with E-state index in [0.29, 0.717) is 32.2 Å². The SMILES string of the molecule is CCOC(=O)N1CCC(NC(=NC)NCc2ccc(S(=O)(=O)N(C)C)cc2)CC1.I. The molecule has 1 saturated heterocycles. The van der Waals surface area contributed by atoms with Gasteiger partial charge in [-0.3, -0.25) is 4.99 Å². The Morgan fingerprint density at radius 1 is 1.23 bits per heavy atom. The van der Waals surface area contributed by atoms with E-state index in [-0.39, 0.29) is 41.0 Å². The zero-order valence-electron chi connectivity index (χ0n) is 17.9. The van der Waals surface area contributed by atoms with Crippen LogP contribution in [-0.4, -0.2) is 76.6 Å². The van der Waals surface area contributed by atoms with Gasteiger partial charge in [0.2, 0.25) is 10.0 Å². The number of halogens is 1. The van der Waals surface area contributed by atoms with Crippen LogP contribution in [-0.2, 0) is 21.3 Å². The molecule has 2 rings (SSSR count). The Balaban J connectivity index is 0.00000450. The molecule has 9 nitrogen and oxygen atoms in total. The van der Waals surface area contributed by atoms with Gasteiger partial charge >= 0.3 is 6.09 Å². The highest BCUT2D eigenvalue weighted by Gasteiger charge is 2.24. The first kappa shape index (κ1) is 26.4. The first-order valence-electron chi connectivity index (χ1n) is 9.68. The van der Waals surface area contributed by atoms with Crippen molar-refractivity contribution in [3.8, 4) is 0 Å². The van der Waals surface area contributed by atoms with E-state index in [1.807, 2.05) is 0 Å². The Morgan fingerprint density at radius 2 is 1.83 bits per heavy atom. The molecular formula is C19H32IN5O4S. The van der Waals surface area contributed by atoms with Crippen LogP contribution in [0.1, 0.15) is 25.3 Å². The lowest BCUT2D eigenvalue weighted by Crippen LogP contribution is -2.49. The van der Waals surface area contributed by atoms with E-state index in [1.165, 1.54) is 18.4 Å². The lowest BCUT2D eigenvalue weighted by atomic mass is 10.1. The number of nitrogens with zero attached hydrogens (tertiary/aromatic N) is 3. The van der Waals surface area contributed by atoms with Gasteiger partial charge in [0, 0.05) is 46.8 Å². The Hall–Kier alpha value is -1.60. The van der Waals surface area contributed by atoms with E-state index in [4.69, 9.17) is 4.74 Å². The second-order valence-corrected chi connectivity index (χ2v) is 9.11. The maximum Gasteiger partial charge on any atom is 0.409 e. The van der Waals surface area contributed by atoms with Crippen LogP contribution in [0.2, 0.25) is 0 Å². The van der Waals surface area contributed by atoms with E-state index in [9.17, 15) is 13.2 Å². The average molecular weight is 553 g/mol.